The summed E-state index contributed by atoms with van der Waals surface area (Å²) in [5.74, 6) is 0.0719. The summed E-state index contributed by atoms with van der Waals surface area (Å²) in [5.41, 5.74) is 5.71. The Bertz CT molecular complexity index is 235. The van der Waals surface area contributed by atoms with Gasteiger partial charge in [0.1, 0.15) is 0 Å². The van der Waals surface area contributed by atoms with E-state index in [2.05, 4.69) is 0 Å². The Morgan fingerprint density at radius 1 is 1.21 bits per heavy atom. The molecule has 4 nitrogen and oxygen atoms in total. The second kappa shape index (κ2) is 6.37. The molecule has 1 unspecified atom stereocenters. The summed E-state index contributed by atoms with van der Waals surface area (Å²) in [7, 11) is -3.14. The summed E-state index contributed by atoms with van der Waals surface area (Å²) in [6.45, 7) is 6.73. The Morgan fingerprint density at radius 2 is 1.71 bits per heavy atom. The molecule has 0 aromatic heterocycles. The van der Waals surface area contributed by atoms with Crippen molar-refractivity contribution < 1.29 is 8.42 Å². The van der Waals surface area contributed by atoms with Crippen LogP contribution in [0.5, 0.6) is 0 Å². The van der Waals surface area contributed by atoms with Crippen LogP contribution < -0.4 is 5.73 Å². The van der Waals surface area contributed by atoms with Gasteiger partial charge in [0.2, 0.25) is 10.0 Å². The maximum Gasteiger partial charge on any atom is 0.215 e. The SMILES string of the molecule is CCCC(N)CS(=O)(=O)N(CC)CC. The topological polar surface area (TPSA) is 63.4 Å². The van der Waals surface area contributed by atoms with E-state index < -0.39 is 10.0 Å². The zero-order valence-corrected chi connectivity index (χ0v) is 10.2. The van der Waals surface area contributed by atoms with Gasteiger partial charge in [0.25, 0.3) is 0 Å². The van der Waals surface area contributed by atoms with Gasteiger partial charge in [-0.25, -0.2) is 12.7 Å². The van der Waals surface area contributed by atoms with Gasteiger partial charge in [0, 0.05) is 19.1 Å². The minimum atomic E-state index is -3.14. The molecule has 0 amide bonds. The van der Waals surface area contributed by atoms with Gasteiger partial charge in [-0.2, -0.15) is 0 Å². The highest BCUT2D eigenvalue weighted by Crippen LogP contribution is 2.04. The highest BCUT2D eigenvalue weighted by atomic mass is 32.2. The van der Waals surface area contributed by atoms with Gasteiger partial charge in [0.15, 0.2) is 0 Å². The molecule has 0 bridgehead atoms. The fourth-order valence-corrected chi connectivity index (χ4v) is 3.15. The molecule has 86 valence electrons. The Balaban J connectivity index is 4.32. The van der Waals surface area contributed by atoms with Gasteiger partial charge in [-0.3, -0.25) is 0 Å². The molecule has 1 atom stereocenters. The molecule has 0 spiro atoms. The average Bonchev–Trinajstić information content (AvgIpc) is 2.04. The van der Waals surface area contributed by atoms with Crippen molar-refractivity contribution in [1.29, 1.82) is 0 Å². The molecule has 0 saturated carbocycles. The molecule has 14 heavy (non-hydrogen) atoms. The van der Waals surface area contributed by atoms with Crippen LogP contribution in [0.1, 0.15) is 33.6 Å². The molecule has 0 aliphatic carbocycles. The van der Waals surface area contributed by atoms with Crippen LogP contribution in [0.4, 0.5) is 0 Å². The lowest BCUT2D eigenvalue weighted by Gasteiger charge is -2.20. The Labute approximate surface area is 87.5 Å². The van der Waals surface area contributed by atoms with Crippen LogP contribution >= 0.6 is 0 Å². The molecule has 2 N–H and O–H groups in total. The van der Waals surface area contributed by atoms with Gasteiger partial charge in [-0.1, -0.05) is 27.2 Å². The van der Waals surface area contributed by atoms with Crippen molar-refractivity contribution in [3.63, 3.8) is 0 Å². The summed E-state index contributed by atoms with van der Waals surface area (Å²) < 4.78 is 24.9. The molecule has 5 heteroatoms. The van der Waals surface area contributed by atoms with Crippen LogP contribution in [0.15, 0.2) is 0 Å². The van der Waals surface area contributed by atoms with Crippen molar-refractivity contribution >= 4 is 10.0 Å². The van der Waals surface area contributed by atoms with Crippen molar-refractivity contribution in [3.05, 3.63) is 0 Å². The zero-order valence-electron chi connectivity index (χ0n) is 9.36. The molecule has 0 radical (unpaired) electrons. The number of rotatable bonds is 7. The van der Waals surface area contributed by atoms with Crippen LogP contribution in [0.2, 0.25) is 0 Å². The minimum absolute atomic E-state index is 0.0719. The zero-order chi connectivity index (χ0) is 11.2. The molecular weight excluding hydrogens is 200 g/mol. The van der Waals surface area contributed by atoms with Gasteiger partial charge < -0.3 is 5.73 Å². The Hall–Kier alpha value is -0.130. The van der Waals surface area contributed by atoms with E-state index in [1.165, 1.54) is 4.31 Å². The molecule has 0 rings (SSSR count). The quantitative estimate of drug-likeness (QED) is 0.692. The molecule has 0 aliphatic rings. The highest BCUT2D eigenvalue weighted by Gasteiger charge is 2.21. The van der Waals surface area contributed by atoms with E-state index in [0.29, 0.717) is 13.1 Å². The van der Waals surface area contributed by atoms with Crippen molar-refractivity contribution in [1.82, 2.24) is 4.31 Å². The fraction of sp³-hybridized carbons (Fsp3) is 1.00. The third kappa shape index (κ3) is 4.39. The normalized spacial score (nSPS) is 14.6. The summed E-state index contributed by atoms with van der Waals surface area (Å²) in [6.07, 6.45) is 1.69. The standard InChI is InChI=1S/C9H22N2O2S/c1-4-7-9(10)8-14(12,13)11(5-2)6-3/h9H,4-8,10H2,1-3H3. The molecule has 0 aromatic carbocycles. The highest BCUT2D eigenvalue weighted by molar-refractivity contribution is 7.89. The van der Waals surface area contributed by atoms with E-state index in [1.807, 2.05) is 20.8 Å². The Morgan fingerprint density at radius 3 is 2.07 bits per heavy atom. The minimum Gasteiger partial charge on any atom is -0.327 e. The molecule has 0 aromatic rings. The third-order valence-corrected chi connectivity index (χ3v) is 4.34. The lowest BCUT2D eigenvalue weighted by molar-refractivity contribution is 0.440. The largest absolute Gasteiger partial charge is 0.327 e. The van der Waals surface area contributed by atoms with Crippen LogP contribution in [-0.4, -0.2) is 37.6 Å². The van der Waals surface area contributed by atoms with Crippen LogP contribution in [0.25, 0.3) is 0 Å². The number of sulfonamides is 1. The number of hydrogen-bond donors (Lipinski definition) is 1. The van der Waals surface area contributed by atoms with Gasteiger partial charge >= 0.3 is 0 Å². The van der Waals surface area contributed by atoms with Crippen molar-refractivity contribution in [3.8, 4) is 0 Å². The second-order valence-corrected chi connectivity index (χ2v) is 5.43. The fourth-order valence-electron chi connectivity index (χ4n) is 1.45. The first-order chi connectivity index (χ1) is 6.47. The first kappa shape index (κ1) is 13.9. The first-order valence-corrected chi connectivity index (χ1v) is 6.82. The summed E-state index contributed by atoms with van der Waals surface area (Å²) in [6, 6.07) is -0.231. The lowest BCUT2D eigenvalue weighted by atomic mass is 10.2. The van der Waals surface area contributed by atoms with E-state index in [1.54, 1.807) is 0 Å². The molecule has 0 heterocycles. The van der Waals surface area contributed by atoms with Crippen molar-refractivity contribution in [2.45, 2.75) is 39.7 Å². The summed E-state index contributed by atoms with van der Waals surface area (Å²) in [5, 5.41) is 0. The van der Waals surface area contributed by atoms with Gasteiger partial charge in [-0.05, 0) is 6.42 Å². The molecular formula is C9H22N2O2S. The molecule has 0 fully saturated rings. The van der Waals surface area contributed by atoms with E-state index >= 15 is 0 Å². The maximum atomic E-state index is 11.7. The van der Waals surface area contributed by atoms with E-state index in [0.717, 1.165) is 12.8 Å². The van der Waals surface area contributed by atoms with Crippen LogP contribution in [0.3, 0.4) is 0 Å². The van der Waals surface area contributed by atoms with E-state index in [9.17, 15) is 8.42 Å². The summed E-state index contributed by atoms with van der Waals surface area (Å²) in [4.78, 5) is 0. The predicted molar refractivity (Wildman–Crippen MR) is 59.6 cm³/mol. The second-order valence-electron chi connectivity index (χ2n) is 3.41. The lowest BCUT2D eigenvalue weighted by Crippen LogP contribution is -2.39. The van der Waals surface area contributed by atoms with Gasteiger partial charge in [0.05, 0.1) is 5.75 Å². The maximum absolute atomic E-state index is 11.7. The monoisotopic (exact) mass is 222 g/mol. The predicted octanol–water partition coefficient (Wildman–Crippen LogP) is 0.785. The number of nitrogens with two attached hydrogens (primary N) is 1. The average molecular weight is 222 g/mol. The van der Waals surface area contributed by atoms with E-state index in [4.69, 9.17) is 5.73 Å². The van der Waals surface area contributed by atoms with Gasteiger partial charge in [-0.15, -0.1) is 0 Å². The number of nitrogens with zero attached hydrogens (tertiary/aromatic N) is 1. The number of hydrogen-bond acceptors (Lipinski definition) is 3. The Kier molecular flexibility index (Phi) is 6.31. The third-order valence-electron chi connectivity index (χ3n) is 2.18. The smallest absolute Gasteiger partial charge is 0.215 e. The first-order valence-electron chi connectivity index (χ1n) is 5.21. The van der Waals surface area contributed by atoms with Crippen molar-refractivity contribution in [2.75, 3.05) is 18.8 Å². The van der Waals surface area contributed by atoms with Crippen LogP contribution in [-0.2, 0) is 10.0 Å². The van der Waals surface area contributed by atoms with Crippen LogP contribution in [0, 0.1) is 0 Å². The molecule has 0 saturated heterocycles. The molecule has 0 aliphatic heterocycles. The van der Waals surface area contributed by atoms with E-state index in [-0.39, 0.29) is 11.8 Å². The summed E-state index contributed by atoms with van der Waals surface area (Å²) >= 11 is 0. The van der Waals surface area contributed by atoms with Crippen molar-refractivity contribution in [2.24, 2.45) is 5.73 Å².